The van der Waals surface area contributed by atoms with Gasteiger partial charge in [0.05, 0.1) is 0 Å². The lowest BCUT2D eigenvalue weighted by Crippen LogP contribution is -2.43. The van der Waals surface area contributed by atoms with Gasteiger partial charge in [0.15, 0.2) is 5.82 Å². The van der Waals surface area contributed by atoms with Crippen molar-refractivity contribution < 1.29 is 14.0 Å². The van der Waals surface area contributed by atoms with Crippen LogP contribution in [0, 0.1) is 5.82 Å². The third-order valence-corrected chi connectivity index (χ3v) is 5.40. The van der Waals surface area contributed by atoms with E-state index in [0.29, 0.717) is 30.8 Å². The molecule has 1 saturated heterocycles. The number of hydrogen-bond donors (Lipinski definition) is 1. The molecule has 6 nitrogen and oxygen atoms in total. The van der Waals surface area contributed by atoms with E-state index in [9.17, 15) is 9.50 Å². The molecule has 0 unspecified atom stereocenters. The summed E-state index contributed by atoms with van der Waals surface area (Å²) in [6.45, 7) is 2.62. The first-order valence-electron chi connectivity index (χ1n) is 9.87. The second-order valence-corrected chi connectivity index (χ2v) is 7.63. The molecule has 1 fully saturated rings. The van der Waals surface area contributed by atoms with Gasteiger partial charge in [-0.25, -0.2) is 4.39 Å². The SMILES string of the molecule is CN1CCC(N(Cc2ccc(F)cc2)c2nc(Cc3ccc(O)cc3)no2)CC1. The average Bonchev–Trinajstić information content (AvgIpc) is 3.18. The van der Waals surface area contributed by atoms with Crippen LogP contribution in [0.1, 0.15) is 29.8 Å². The molecule has 0 bridgehead atoms. The van der Waals surface area contributed by atoms with Crippen LogP contribution in [0.5, 0.6) is 5.75 Å². The summed E-state index contributed by atoms with van der Waals surface area (Å²) in [7, 11) is 2.13. The van der Waals surface area contributed by atoms with Crippen molar-refractivity contribution in [1.82, 2.24) is 15.0 Å². The molecule has 7 heteroatoms. The second-order valence-electron chi connectivity index (χ2n) is 7.63. The van der Waals surface area contributed by atoms with Crippen LogP contribution in [-0.2, 0) is 13.0 Å². The Bertz CT molecular complexity index is 919. The fraction of sp³-hybridized carbons (Fsp3) is 0.364. The smallest absolute Gasteiger partial charge is 0.324 e. The van der Waals surface area contributed by atoms with Crippen LogP contribution in [-0.4, -0.2) is 46.3 Å². The van der Waals surface area contributed by atoms with Crippen molar-refractivity contribution in [3.8, 4) is 5.75 Å². The van der Waals surface area contributed by atoms with Crippen LogP contribution in [0.3, 0.4) is 0 Å². The fourth-order valence-corrected chi connectivity index (χ4v) is 3.68. The molecule has 1 aliphatic rings. The number of piperidine rings is 1. The van der Waals surface area contributed by atoms with Gasteiger partial charge in [-0.3, -0.25) is 0 Å². The molecule has 1 aliphatic heterocycles. The predicted octanol–water partition coefficient (Wildman–Crippen LogP) is 3.61. The van der Waals surface area contributed by atoms with Gasteiger partial charge in [-0.2, -0.15) is 4.98 Å². The summed E-state index contributed by atoms with van der Waals surface area (Å²) in [6, 6.07) is 14.3. The molecule has 0 saturated carbocycles. The maximum atomic E-state index is 13.3. The van der Waals surface area contributed by atoms with E-state index in [2.05, 4.69) is 27.0 Å². The molecule has 4 rings (SSSR count). The molecule has 0 amide bonds. The number of phenolic OH excluding ortho intramolecular Hbond substituents is 1. The highest BCUT2D eigenvalue weighted by Gasteiger charge is 2.27. The zero-order chi connectivity index (χ0) is 20.2. The van der Waals surface area contributed by atoms with Crippen LogP contribution in [0.2, 0.25) is 0 Å². The van der Waals surface area contributed by atoms with Crippen molar-refractivity contribution in [2.24, 2.45) is 0 Å². The molecule has 0 spiro atoms. The lowest BCUT2D eigenvalue weighted by atomic mass is 10.0. The molecule has 1 aromatic heterocycles. The highest BCUT2D eigenvalue weighted by molar-refractivity contribution is 5.33. The van der Waals surface area contributed by atoms with E-state index >= 15 is 0 Å². The van der Waals surface area contributed by atoms with Gasteiger partial charge in [0, 0.05) is 19.0 Å². The van der Waals surface area contributed by atoms with E-state index in [4.69, 9.17) is 4.52 Å². The number of hydrogen-bond acceptors (Lipinski definition) is 6. The summed E-state index contributed by atoms with van der Waals surface area (Å²) in [6.07, 6.45) is 2.54. The van der Waals surface area contributed by atoms with Crippen LogP contribution < -0.4 is 4.90 Å². The summed E-state index contributed by atoms with van der Waals surface area (Å²) in [5.74, 6) is 0.589. The zero-order valence-electron chi connectivity index (χ0n) is 16.5. The molecule has 0 aliphatic carbocycles. The number of aromatic hydroxyl groups is 1. The number of aromatic nitrogens is 2. The average molecular weight is 396 g/mol. The quantitative estimate of drug-likeness (QED) is 0.687. The summed E-state index contributed by atoms with van der Waals surface area (Å²) in [5, 5.41) is 13.6. The number of halogens is 1. The number of likely N-dealkylation sites (tertiary alicyclic amines) is 1. The van der Waals surface area contributed by atoms with Gasteiger partial charge < -0.3 is 19.4 Å². The summed E-state index contributed by atoms with van der Waals surface area (Å²) in [4.78, 5) is 9.10. The first kappa shape index (κ1) is 19.4. The predicted molar refractivity (Wildman–Crippen MR) is 108 cm³/mol. The van der Waals surface area contributed by atoms with Gasteiger partial charge in [0.2, 0.25) is 0 Å². The van der Waals surface area contributed by atoms with Gasteiger partial charge >= 0.3 is 6.01 Å². The highest BCUT2D eigenvalue weighted by atomic mass is 19.1. The van der Waals surface area contributed by atoms with E-state index in [0.717, 1.165) is 37.1 Å². The van der Waals surface area contributed by atoms with E-state index in [1.807, 2.05) is 12.1 Å². The highest BCUT2D eigenvalue weighted by Crippen LogP contribution is 2.25. The number of phenols is 1. The van der Waals surface area contributed by atoms with Gasteiger partial charge in [-0.1, -0.05) is 29.4 Å². The number of anilines is 1. The maximum absolute atomic E-state index is 13.3. The third kappa shape index (κ3) is 4.92. The van der Waals surface area contributed by atoms with Crippen LogP contribution >= 0.6 is 0 Å². The zero-order valence-corrected chi connectivity index (χ0v) is 16.5. The monoisotopic (exact) mass is 396 g/mol. The van der Waals surface area contributed by atoms with Crippen molar-refractivity contribution in [2.75, 3.05) is 25.0 Å². The Balaban J connectivity index is 1.54. The second kappa shape index (κ2) is 8.61. The number of nitrogens with zero attached hydrogens (tertiary/aromatic N) is 4. The Kier molecular flexibility index (Phi) is 5.76. The Hall–Kier alpha value is -2.93. The minimum absolute atomic E-state index is 0.232. The van der Waals surface area contributed by atoms with Crippen molar-refractivity contribution >= 4 is 6.01 Å². The van der Waals surface area contributed by atoms with Crippen LogP contribution in [0.15, 0.2) is 53.1 Å². The lowest BCUT2D eigenvalue weighted by Gasteiger charge is -2.36. The Morgan fingerprint density at radius 2 is 1.72 bits per heavy atom. The minimum Gasteiger partial charge on any atom is -0.508 e. The van der Waals surface area contributed by atoms with E-state index in [-0.39, 0.29) is 11.6 Å². The van der Waals surface area contributed by atoms with Gasteiger partial charge in [-0.15, -0.1) is 0 Å². The van der Waals surface area contributed by atoms with Crippen LogP contribution in [0.4, 0.5) is 10.4 Å². The number of benzene rings is 2. The largest absolute Gasteiger partial charge is 0.508 e. The molecule has 0 radical (unpaired) electrons. The number of rotatable bonds is 6. The molecular formula is C22H25FN4O2. The first-order valence-corrected chi connectivity index (χ1v) is 9.87. The summed E-state index contributed by atoms with van der Waals surface area (Å²) in [5.41, 5.74) is 2.00. The maximum Gasteiger partial charge on any atom is 0.324 e. The van der Waals surface area contributed by atoms with Gasteiger partial charge in [0.25, 0.3) is 0 Å². The van der Waals surface area contributed by atoms with Crippen molar-refractivity contribution in [3.63, 3.8) is 0 Å². The van der Waals surface area contributed by atoms with Crippen molar-refractivity contribution in [3.05, 3.63) is 71.3 Å². The Morgan fingerprint density at radius 3 is 2.41 bits per heavy atom. The Morgan fingerprint density at radius 1 is 1.07 bits per heavy atom. The molecule has 2 aromatic carbocycles. The van der Waals surface area contributed by atoms with Crippen LogP contribution in [0.25, 0.3) is 0 Å². The van der Waals surface area contributed by atoms with Crippen molar-refractivity contribution in [1.29, 1.82) is 0 Å². The molecule has 29 heavy (non-hydrogen) atoms. The summed E-state index contributed by atoms with van der Waals surface area (Å²) >= 11 is 0. The first-order chi connectivity index (χ1) is 14.1. The molecule has 1 N–H and O–H groups in total. The molecule has 3 aromatic rings. The van der Waals surface area contributed by atoms with Crippen molar-refractivity contribution in [2.45, 2.75) is 31.8 Å². The fourth-order valence-electron chi connectivity index (χ4n) is 3.68. The normalized spacial score (nSPS) is 15.5. The van der Waals surface area contributed by atoms with E-state index in [1.54, 1.807) is 24.3 Å². The van der Waals surface area contributed by atoms with Gasteiger partial charge in [0.1, 0.15) is 11.6 Å². The van der Waals surface area contributed by atoms with E-state index < -0.39 is 0 Å². The standard InChI is InChI=1S/C22H25FN4O2/c1-26-12-10-19(11-13-26)27(15-17-2-6-18(23)7-3-17)22-24-21(25-29-22)14-16-4-8-20(28)9-5-16/h2-9,19,28H,10-15H2,1H3. The lowest BCUT2D eigenvalue weighted by molar-refractivity contribution is 0.242. The molecule has 2 heterocycles. The Labute approximate surface area is 169 Å². The topological polar surface area (TPSA) is 65.6 Å². The minimum atomic E-state index is -0.242. The van der Waals surface area contributed by atoms with Gasteiger partial charge in [-0.05, 0) is 68.4 Å². The summed E-state index contributed by atoms with van der Waals surface area (Å²) < 4.78 is 18.9. The third-order valence-electron chi connectivity index (χ3n) is 5.40. The molecule has 152 valence electrons. The molecule has 0 atom stereocenters. The van der Waals surface area contributed by atoms with E-state index in [1.165, 1.54) is 12.1 Å². The molecular weight excluding hydrogens is 371 g/mol.